The second-order valence-electron chi connectivity index (χ2n) is 7.07. The zero-order valence-corrected chi connectivity index (χ0v) is 15.4. The van der Waals surface area contributed by atoms with Crippen LogP contribution in [-0.4, -0.2) is 43.7 Å². The number of ether oxygens (including phenoxy) is 1. The Hall–Kier alpha value is -2.31. The lowest BCUT2D eigenvalue weighted by Gasteiger charge is -2.24. The van der Waals surface area contributed by atoms with Gasteiger partial charge >= 0.3 is 0 Å². The van der Waals surface area contributed by atoms with Crippen LogP contribution in [-0.2, 0) is 17.8 Å². The molecule has 3 aromatic rings. The van der Waals surface area contributed by atoms with E-state index in [-0.39, 0.29) is 0 Å². The Labute approximate surface area is 153 Å². The van der Waals surface area contributed by atoms with Crippen molar-refractivity contribution >= 4 is 5.65 Å². The van der Waals surface area contributed by atoms with Crippen LogP contribution in [0.4, 0.5) is 0 Å². The van der Waals surface area contributed by atoms with Gasteiger partial charge in [-0.25, -0.2) is 9.50 Å². The molecule has 0 amide bonds. The highest BCUT2D eigenvalue weighted by atomic mass is 16.5. The topological polar surface area (TPSA) is 55.5 Å². The summed E-state index contributed by atoms with van der Waals surface area (Å²) < 4.78 is 7.79. The molecule has 6 nitrogen and oxygen atoms in total. The van der Waals surface area contributed by atoms with Gasteiger partial charge in [0.25, 0.3) is 0 Å². The van der Waals surface area contributed by atoms with Gasteiger partial charge < -0.3 is 4.74 Å². The molecule has 1 fully saturated rings. The standard InChI is InChI=1S/C20H25N5O/c1-15-10-16(2)25-20(23-15)17(11-22-25)12-24(14-19-7-5-9-26-19)13-18-6-3-4-8-21-18/h3-4,6,8,10-11,19H,5,7,9,12-14H2,1-2H3/t19-/m1/s1. The van der Waals surface area contributed by atoms with Crippen LogP contribution in [0.1, 0.15) is 35.5 Å². The average molecular weight is 351 g/mol. The highest BCUT2D eigenvalue weighted by Gasteiger charge is 2.21. The van der Waals surface area contributed by atoms with Crippen LogP contribution in [0.25, 0.3) is 5.65 Å². The lowest BCUT2D eigenvalue weighted by Crippen LogP contribution is -2.31. The molecule has 1 atom stereocenters. The third-order valence-corrected chi connectivity index (χ3v) is 4.84. The number of fused-ring (bicyclic) bond motifs is 1. The maximum absolute atomic E-state index is 5.87. The molecule has 4 heterocycles. The minimum Gasteiger partial charge on any atom is -0.377 e. The summed E-state index contributed by atoms with van der Waals surface area (Å²) in [6.45, 7) is 7.45. The van der Waals surface area contributed by atoms with E-state index in [0.717, 1.165) is 67.4 Å². The van der Waals surface area contributed by atoms with Gasteiger partial charge in [-0.15, -0.1) is 0 Å². The molecule has 4 rings (SSSR count). The summed E-state index contributed by atoms with van der Waals surface area (Å²) >= 11 is 0. The largest absolute Gasteiger partial charge is 0.377 e. The van der Waals surface area contributed by atoms with Gasteiger partial charge in [0.2, 0.25) is 0 Å². The van der Waals surface area contributed by atoms with Gasteiger partial charge in [-0.2, -0.15) is 5.10 Å². The Kier molecular flexibility index (Phi) is 4.95. The molecule has 0 N–H and O–H groups in total. The lowest BCUT2D eigenvalue weighted by molar-refractivity contribution is 0.0676. The fraction of sp³-hybridized carbons (Fsp3) is 0.450. The van der Waals surface area contributed by atoms with Crippen LogP contribution >= 0.6 is 0 Å². The number of pyridine rings is 1. The summed E-state index contributed by atoms with van der Waals surface area (Å²) in [5.74, 6) is 0. The van der Waals surface area contributed by atoms with E-state index in [2.05, 4.69) is 34.0 Å². The van der Waals surface area contributed by atoms with Gasteiger partial charge in [-0.3, -0.25) is 9.88 Å². The number of aryl methyl sites for hydroxylation is 2. The molecule has 1 aliphatic rings. The lowest BCUT2D eigenvalue weighted by atomic mass is 10.2. The van der Waals surface area contributed by atoms with Crippen LogP contribution in [0.3, 0.4) is 0 Å². The molecule has 0 spiro atoms. The molecule has 0 aromatic carbocycles. The Bertz CT molecular complexity index is 871. The molecular weight excluding hydrogens is 326 g/mol. The molecule has 1 aliphatic heterocycles. The minimum absolute atomic E-state index is 0.303. The number of aromatic nitrogens is 4. The molecule has 0 unspecified atom stereocenters. The SMILES string of the molecule is Cc1cc(C)n2ncc(CN(Cc3ccccn3)C[C@H]3CCCO3)c2n1. The van der Waals surface area contributed by atoms with Crippen molar-refractivity contribution in [3.63, 3.8) is 0 Å². The fourth-order valence-electron chi connectivity index (χ4n) is 3.65. The van der Waals surface area contributed by atoms with Crippen LogP contribution in [0, 0.1) is 13.8 Å². The Morgan fingerprint density at radius 2 is 2.19 bits per heavy atom. The van der Waals surface area contributed by atoms with Gasteiger partial charge in [0, 0.05) is 49.4 Å². The highest BCUT2D eigenvalue weighted by molar-refractivity contribution is 5.47. The molecule has 136 valence electrons. The monoisotopic (exact) mass is 351 g/mol. The fourth-order valence-corrected chi connectivity index (χ4v) is 3.65. The first-order chi connectivity index (χ1) is 12.7. The maximum atomic E-state index is 5.87. The van der Waals surface area contributed by atoms with E-state index in [1.165, 1.54) is 0 Å². The van der Waals surface area contributed by atoms with E-state index >= 15 is 0 Å². The summed E-state index contributed by atoms with van der Waals surface area (Å²) in [6.07, 6.45) is 6.37. The quantitative estimate of drug-likeness (QED) is 0.683. The van der Waals surface area contributed by atoms with Crippen LogP contribution in [0.2, 0.25) is 0 Å². The number of hydrogen-bond donors (Lipinski definition) is 0. The highest BCUT2D eigenvalue weighted by Crippen LogP contribution is 2.19. The van der Waals surface area contributed by atoms with Crippen LogP contribution < -0.4 is 0 Å². The molecule has 3 aromatic heterocycles. The molecule has 6 heteroatoms. The van der Waals surface area contributed by atoms with E-state index < -0.39 is 0 Å². The van der Waals surface area contributed by atoms with E-state index in [1.54, 1.807) is 0 Å². The van der Waals surface area contributed by atoms with E-state index in [1.807, 2.05) is 36.0 Å². The van der Waals surface area contributed by atoms with Crippen molar-refractivity contribution in [3.05, 3.63) is 59.3 Å². The second-order valence-corrected chi connectivity index (χ2v) is 7.07. The maximum Gasteiger partial charge on any atom is 0.159 e. The normalized spacial score (nSPS) is 17.4. The first-order valence-electron chi connectivity index (χ1n) is 9.24. The van der Waals surface area contributed by atoms with Crippen molar-refractivity contribution in [2.24, 2.45) is 0 Å². The Morgan fingerprint density at radius 3 is 2.96 bits per heavy atom. The minimum atomic E-state index is 0.303. The molecule has 0 aliphatic carbocycles. The van der Waals surface area contributed by atoms with E-state index in [4.69, 9.17) is 9.72 Å². The van der Waals surface area contributed by atoms with Crippen molar-refractivity contribution in [2.45, 2.75) is 45.9 Å². The van der Waals surface area contributed by atoms with Gasteiger partial charge in [0.15, 0.2) is 5.65 Å². The van der Waals surface area contributed by atoms with Gasteiger partial charge in [-0.1, -0.05) is 6.07 Å². The van der Waals surface area contributed by atoms with Gasteiger partial charge in [0.05, 0.1) is 18.0 Å². The van der Waals surface area contributed by atoms with E-state index in [0.29, 0.717) is 6.10 Å². The Morgan fingerprint density at radius 1 is 1.27 bits per heavy atom. The third kappa shape index (κ3) is 3.76. The number of hydrogen-bond acceptors (Lipinski definition) is 5. The van der Waals surface area contributed by atoms with Gasteiger partial charge in [-0.05, 0) is 44.9 Å². The predicted molar refractivity (Wildman–Crippen MR) is 99.8 cm³/mol. The molecular formula is C20H25N5O. The predicted octanol–water partition coefficient (Wildman–Crippen LogP) is 2.92. The first kappa shape index (κ1) is 17.1. The summed E-state index contributed by atoms with van der Waals surface area (Å²) in [5.41, 5.74) is 5.29. The van der Waals surface area contributed by atoms with Crippen molar-refractivity contribution < 1.29 is 4.74 Å². The third-order valence-electron chi connectivity index (χ3n) is 4.84. The average Bonchev–Trinajstić information content (AvgIpc) is 3.26. The van der Waals surface area contributed by atoms with Crippen molar-refractivity contribution in [3.8, 4) is 0 Å². The smallest absolute Gasteiger partial charge is 0.159 e. The van der Waals surface area contributed by atoms with Gasteiger partial charge in [0.1, 0.15) is 0 Å². The number of rotatable bonds is 6. The molecule has 26 heavy (non-hydrogen) atoms. The van der Waals surface area contributed by atoms with Crippen LogP contribution in [0.15, 0.2) is 36.7 Å². The molecule has 0 saturated carbocycles. The molecule has 1 saturated heterocycles. The van der Waals surface area contributed by atoms with Crippen molar-refractivity contribution in [2.75, 3.05) is 13.2 Å². The summed E-state index contributed by atoms with van der Waals surface area (Å²) in [4.78, 5) is 11.6. The van der Waals surface area contributed by atoms with E-state index in [9.17, 15) is 0 Å². The van der Waals surface area contributed by atoms with Crippen molar-refractivity contribution in [1.82, 2.24) is 24.5 Å². The summed E-state index contributed by atoms with van der Waals surface area (Å²) in [6, 6.07) is 8.12. The first-order valence-corrected chi connectivity index (χ1v) is 9.24. The number of nitrogens with zero attached hydrogens (tertiary/aromatic N) is 5. The van der Waals surface area contributed by atoms with Crippen LogP contribution in [0.5, 0.6) is 0 Å². The molecule has 0 radical (unpaired) electrons. The summed E-state index contributed by atoms with van der Waals surface area (Å²) in [5, 5.41) is 4.53. The zero-order valence-electron chi connectivity index (χ0n) is 15.4. The molecule has 0 bridgehead atoms. The Balaban J connectivity index is 1.59. The zero-order chi connectivity index (χ0) is 17.9. The second kappa shape index (κ2) is 7.51. The summed E-state index contributed by atoms with van der Waals surface area (Å²) in [7, 11) is 0. The van der Waals surface area contributed by atoms with Crippen molar-refractivity contribution in [1.29, 1.82) is 0 Å².